The molecule has 0 bridgehead atoms. The van der Waals surface area contributed by atoms with Crippen molar-refractivity contribution >= 4 is 54.1 Å². The molecule has 0 N–H and O–H groups in total. The summed E-state index contributed by atoms with van der Waals surface area (Å²) in [4.78, 5) is 15.3. The second kappa shape index (κ2) is 11.0. The zero-order chi connectivity index (χ0) is 32.3. The van der Waals surface area contributed by atoms with Crippen molar-refractivity contribution in [3.8, 4) is 39.9 Å². The largest absolute Gasteiger partial charge is 0.309 e. The van der Waals surface area contributed by atoms with Gasteiger partial charge in [0.2, 0.25) is 0 Å². The van der Waals surface area contributed by atoms with Crippen molar-refractivity contribution in [2.45, 2.75) is 0 Å². The summed E-state index contributed by atoms with van der Waals surface area (Å²) in [6, 6.07) is 59.9. The fourth-order valence-electron chi connectivity index (χ4n) is 7.27. The first-order chi connectivity index (χ1) is 24.3. The molecule has 49 heavy (non-hydrogen) atoms. The minimum absolute atomic E-state index is 0.640. The van der Waals surface area contributed by atoms with Crippen LogP contribution in [-0.2, 0) is 0 Å². The van der Waals surface area contributed by atoms with Gasteiger partial charge in [-0.2, -0.15) is 0 Å². The van der Waals surface area contributed by atoms with Gasteiger partial charge in [-0.1, -0.05) is 140 Å². The predicted molar refractivity (Wildman–Crippen MR) is 203 cm³/mol. The molecule has 4 nitrogen and oxygen atoms in total. The Morgan fingerprint density at radius 1 is 0.327 bits per heavy atom. The maximum atomic E-state index is 5.15. The summed E-state index contributed by atoms with van der Waals surface area (Å²) in [6.45, 7) is 0. The SMILES string of the molecule is c1ccc(-c2nc(-c3ccc4cccc(-n5c6ccccc6c6cc7ccccc7cc65)c4c3)nc(-c3cccc4ccccc34)n2)cc1. The van der Waals surface area contributed by atoms with E-state index in [0.717, 1.165) is 43.9 Å². The Labute approximate surface area is 282 Å². The molecule has 0 aliphatic carbocycles. The molecule has 2 aromatic heterocycles. The summed E-state index contributed by atoms with van der Waals surface area (Å²) in [5.41, 5.74) is 6.35. The highest BCUT2D eigenvalue weighted by molar-refractivity contribution is 6.14. The van der Waals surface area contributed by atoms with E-state index in [1.54, 1.807) is 0 Å². The number of hydrogen-bond acceptors (Lipinski definition) is 3. The second-order valence-electron chi connectivity index (χ2n) is 12.5. The van der Waals surface area contributed by atoms with Crippen LogP contribution >= 0.6 is 0 Å². The van der Waals surface area contributed by atoms with E-state index < -0.39 is 0 Å². The van der Waals surface area contributed by atoms with E-state index in [0.29, 0.717) is 17.5 Å². The van der Waals surface area contributed by atoms with Gasteiger partial charge in [0.1, 0.15) is 0 Å². The van der Waals surface area contributed by atoms with Crippen molar-refractivity contribution < 1.29 is 0 Å². The summed E-state index contributed by atoms with van der Waals surface area (Å²) >= 11 is 0. The van der Waals surface area contributed by atoms with Gasteiger partial charge in [-0.3, -0.25) is 0 Å². The summed E-state index contributed by atoms with van der Waals surface area (Å²) in [5.74, 6) is 1.95. The molecule has 228 valence electrons. The average molecular weight is 625 g/mol. The maximum absolute atomic E-state index is 5.15. The van der Waals surface area contributed by atoms with Crippen LogP contribution in [0.1, 0.15) is 0 Å². The monoisotopic (exact) mass is 624 g/mol. The summed E-state index contributed by atoms with van der Waals surface area (Å²) in [7, 11) is 0. The van der Waals surface area contributed by atoms with Gasteiger partial charge in [-0.05, 0) is 57.3 Å². The Bertz CT molecular complexity index is 2880. The van der Waals surface area contributed by atoms with Gasteiger partial charge in [-0.15, -0.1) is 0 Å². The molecule has 0 unspecified atom stereocenters. The predicted octanol–water partition coefficient (Wildman–Crippen LogP) is 11.4. The molecule has 0 aliphatic rings. The lowest BCUT2D eigenvalue weighted by Crippen LogP contribution is -2.01. The number of benzene rings is 8. The Kier molecular flexibility index (Phi) is 6.15. The average Bonchev–Trinajstić information content (AvgIpc) is 3.49. The topological polar surface area (TPSA) is 43.6 Å². The van der Waals surface area contributed by atoms with Crippen LogP contribution in [0.3, 0.4) is 0 Å². The van der Waals surface area contributed by atoms with Crippen LogP contribution in [0.25, 0.3) is 94.0 Å². The van der Waals surface area contributed by atoms with Crippen molar-refractivity contribution in [3.63, 3.8) is 0 Å². The molecule has 0 fully saturated rings. The third kappa shape index (κ3) is 4.49. The molecule has 10 aromatic rings. The molecule has 0 saturated carbocycles. The molecule has 0 amide bonds. The molecule has 2 heterocycles. The molecule has 0 atom stereocenters. The minimum Gasteiger partial charge on any atom is -0.309 e. The number of para-hydroxylation sites is 1. The zero-order valence-corrected chi connectivity index (χ0v) is 26.5. The standard InChI is InChI=1S/C45H28N4/c1-2-13-31(14-3-1)43-46-44(48-45(47-43)37-21-10-17-29-12-6-7-19-35(29)37)34-25-24-30-18-11-23-41(38(30)27-34)49-40-22-9-8-20-36(40)39-26-32-15-4-5-16-33(32)28-42(39)49/h1-28H. The van der Waals surface area contributed by atoms with E-state index in [-0.39, 0.29) is 0 Å². The fraction of sp³-hybridized carbons (Fsp3) is 0. The number of nitrogens with zero attached hydrogens (tertiary/aromatic N) is 4. The normalized spacial score (nSPS) is 11.7. The summed E-state index contributed by atoms with van der Waals surface area (Å²) in [6.07, 6.45) is 0. The van der Waals surface area contributed by atoms with E-state index in [4.69, 9.17) is 15.0 Å². The molecule has 0 radical (unpaired) electrons. The van der Waals surface area contributed by atoms with Crippen molar-refractivity contribution in [1.29, 1.82) is 0 Å². The van der Waals surface area contributed by atoms with Gasteiger partial charge in [-0.25, -0.2) is 15.0 Å². The van der Waals surface area contributed by atoms with Crippen LogP contribution in [0.4, 0.5) is 0 Å². The van der Waals surface area contributed by atoms with Gasteiger partial charge in [0.25, 0.3) is 0 Å². The van der Waals surface area contributed by atoms with E-state index in [2.05, 4.69) is 156 Å². The highest BCUT2D eigenvalue weighted by Gasteiger charge is 2.18. The number of hydrogen-bond donors (Lipinski definition) is 0. The second-order valence-corrected chi connectivity index (χ2v) is 12.5. The smallest absolute Gasteiger partial charge is 0.164 e. The fourth-order valence-corrected chi connectivity index (χ4v) is 7.27. The summed E-state index contributed by atoms with van der Waals surface area (Å²) in [5, 5.41) is 9.49. The van der Waals surface area contributed by atoms with E-state index in [1.165, 1.54) is 32.6 Å². The molecule has 8 aromatic carbocycles. The number of rotatable bonds is 4. The van der Waals surface area contributed by atoms with Crippen LogP contribution < -0.4 is 0 Å². The van der Waals surface area contributed by atoms with Crippen molar-refractivity contribution in [2.24, 2.45) is 0 Å². The highest BCUT2D eigenvalue weighted by Crippen LogP contribution is 2.38. The van der Waals surface area contributed by atoms with Crippen LogP contribution in [0, 0.1) is 0 Å². The third-order valence-electron chi connectivity index (χ3n) is 9.60. The molecule has 4 heteroatoms. The van der Waals surface area contributed by atoms with Crippen LogP contribution in [0.15, 0.2) is 170 Å². The first-order valence-corrected chi connectivity index (χ1v) is 16.5. The number of fused-ring (bicyclic) bond motifs is 6. The van der Waals surface area contributed by atoms with E-state index in [1.807, 2.05) is 18.2 Å². The van der Waals surface area contributed by atoms with Gasteiger partial charge in [0, 0.05) is 32.8 Å². The molecule has 0 spiro atoms. The van der Waals surface area contributed by atoms with Crippen molar-refractivity contribution in [2.75, 3.05) is 0 Å². The van der Waals surface area contributed by atoms with Crippen molar-refractivity contribution in [3.05, 3.63) is 170 Å². The van der Waals surface area contributed by atoms with Crippen LogP contribution in [-0.4, -0.2) is 19.5 Å². The Balaban J connectivity index is 1.23. The van der Waals surface area contributed by atoms with E-state index in [9.17, 15) is 0 Å². The lowest BCUT2D eigenvalue weighted by atomic mass is 10.0. The molecular formula is C45H28N4. The Morgan fingerprint density at radius 2 is 0.939 bits per heavy atom. The number of aromatic nitrogens is 4. The van der Waals surface area contributed by atoms with Gasteiger partial charge in [0.05, 0.1) is 16.7 Å². The zero-order valence-electron chi connectivity index (χ0n) is 26.5. The lowest BCUT2D eigenvalue weighted by Gasteiger charge is -2.14. The maximum Gasteiger partial charge on any atom is 0.164 e. The molecule has 10 rings (SSSR count). The molecule has 0 saturated heterocycles. The highest BCUT2D eigenvalue weighted by atomic mass is 15.0. The minimum atomic E-state index is 0.640. The molecular weight excluding hydrogens is 597 g/mol. The van der Waals surface area contributed by atoms with E-state index >= 15 is 0 Å². The third-order valence-corrected chi connectivity index (χ3v) is 9.60. The lowest BCUT2D eigenvalue weighted by molar-refractivity contribution is 1.08. The van der Waals surface area contributed by atoms with Gasteiger partial charge in [0.15, 0.2) is 17.5 Å². The van der Waals surface area contributed by atoms with Gasteiger partial charge >= 0.3 is 0 Å². The van der Waals surface area contributed by atoms with Crippen molar-refractivity contribution in [1.82, 2.24) is 19.5 Å². The molecule has 0 aliphatic heterocycles. The first kappa shape index (κ1) is 27.5. The van der Waals surface area contributed by atoms with Crippen LogP contribution in [0.2, 0.25) is 0 Å². The first-order valence-electron chi connectivity index (χ1n) is 16.5. The summed E-state index contributed by atoms with van der Waals surface area (Å²) < 4.78 is 2.41. The quantitative estimate of drug-likeness (QED) is 0.196. The van der Waals surface area contributed by atoms with Crippen LogP contribution in [0.5, 0.6) is 0 Å². The Morgan fingerprint density at radius 3 is 1.78 bits per heavy atom. The van der Waals surface area contributed by atoms with Gasteiger partial charge < -0.3 is 4.57 Å². The Hall–Kier alpha value is -6.65.